The second-order valence-electron chi connectivity index (χ2n) is 2.39. The van der Waals surface area contributed by atoms with E-state index < -0.39 is 0 Å². The van der Waals surface area contributed by atoms with Crippen LogP contribution in [0.5, 0.6) is 0 Å². The van der Waals surface area contributed by atoms with E-state index >= 15 is 0 Å². The molecular weight excluding hydrogens is 128 g/mol. The van der Waals surface area contributed by atoms with Crippen LogP contribution in [0.4, 0.5) is 0 Å². The molecule has 0 aliphatic heterocycles. The maximum atomic E-state index is 2.31. The molecular formula is C6H22N4+4. The van der Waals surface area contributed by atoms with Crippen LogP contribution >= 0.6 is 0 Å². The summed E-state index contributed by atoms with van der Waals surface area (Å²) in [5.41, 5.74) is 0. The molecule has 0 aromatic rings. The van der Waals surface area contributed by atoms with Gasteiger partial charge in [0.15, 0.2) is 0 Å². The first-order chi connectivity index (χ1) is 4.91. The Hall–Kier alpha value is -0.160. The van der Waals surface area contributed by atoms with E-state index in [9.17, 15) is 0 Å². The second kappa shape index (κ2) is 8.84. The monoisotopic (exact) mass is 150 g/mol. The highest BCUT2D eigenvalue weighted by Gasteiger charge is 1.90. The minimum atomic E-state index is 1.14. The quantitative estimate of drug-likeness (QED) is 0.207. The van der Waals surface area contributed by atoms with Crippen molar-refractivity contribution in [1.82, 2.24) is 0 Å². The number of nitrogens with two attached hydrogens (primary N) is 4. The van der Waals surface area contributed by atoms with Crippen molar-refractivity contribution in [1.29, 1.82) is 0 Å². The van der Waals surface area contributed by atoms with E-state index in [1.54, 1.807) is 0 Å². The first kappa shape index (κ1) is 9.84. The highest BCUT2D eigenvalue weighted by molar-refractivity contribution is 3.88. The van der Waals surface area contributed by atoms with E-state index in [4.69, 9.17) is 0 Å². The van der Waals surface area contributed by atoms with Crippen LogP contribution in [0, 0.1) is 0 Å². The van der Waals surface area contributed by atoms with Gasteiger partial charge in [0.05, 0.1) is 13.6 Å². The molecule has 0 aromatic heterocycles. The molecule has 0 rings (SSSR count). The van der Waals surface area contributed by atoms with Crippen LogP contribution in [0.1, 0.15) is 6.92 Å². The molecule has 0 bridgehead atoms. The van der Waals surface area contributed by atoms with Crippen LogP contribution in [-0.2, 0) is 0 Å². The van der Waals surface area contributed by atoms with Crippen LogP contribution in [0.2, 0.25) is 0 Å². The van der Waals surface area contributed by atoms with E-state index in [0.29, 0.717) is 0 Å². The van der Waals surface area contributed by atoms with Crippen LogP contribution in [0.3, 0.4) is 0 Å². The fourth-order valence-corrected chi connectivity index (χ4v) is 0.761. The molecule has 0 saturated carbocycles. The summed E-state index contributed by atoms with van der Waals surface area (Å²) in [5.74, 6) is 0. The highest BCUT2D eigenvalue weighted by Crippen LogP contribution is 1.21. The zero-order chi connectivity index (χ0) is 7.66. The second-order valence-corrected chi connectivity index (χ2v) is 2.39. The topological polar surface area (TPSA) is 66.4 Å². The molecule has 0 aliphatic carbocycles. The minimum Gasteiger partial charge on any atom is -0.302 e. The molecule has 0 aliphatic rings. The summed E-state index contributed by atoms with van der Waals surface area (Å²) in [6.45, 7) is 6.83. The molecule has 0 radical (unpaired) electrons. The fourth-order valence-electron chi connectivity index (χ4n) is 0.761. The number of hydrogen-bond donors (Lipinski definition) is 4. The minimum absolute atomic E-state index is 1.14. The van der Waals surface area contributed by atoms with E-state index in [-0.39, 0.29) is 0 Å². The SMILES string of the molecule is CC[NH2+]C[NH2+]C[NH2+]C[NH2+]C. The summed E-state index contributed by atoms with van der Waals surface area (Å²) >= 11 is 0. The van der Waals surface area contributed by atoms with Gasteiger partial charge in [0.25, 0.3) is 0 Å². The summed E-state index contributed by atoms with van der Waals surface area (Å²) in [6, 6.07) is 0. The van der Waals surface area contributed by atoms with Gasteiger partial charge >= 0.3 is 0 Å². The summed E-state index contributed by atoms with van der Waals surface area (Å²) < 4.78 is 0. The number of quaternary nitrogens is 4. The van der Waals surface area contributed by atoms with Crippen molar-refractivity contribution < 1.29 is 21.3 Å². The summed E-state index contributed by atoms with van der Waals surface area (Å²) in [5, 5.41) is 9.08. The predicted molar refractivity (Wildman–Crippen MR) is 38.8 cm³/mol. The number of rotatable bonds is 7. The maximum absolute atomic E-state index is 2.31. The zero-order valence-electron chi connectivity index (χ0n) is 7.14. The van der Waals surface area contributed by atoms with E-state index in [0.717, 1.165) is 20.0 Å². The van der Waals surface area contributed by atoms with Crippen molar-refractivity contribution >= 4 is 0 Å². The van der Waals surface area contributed by atoms with Gasteiger partial charge in [-0.2, -0.15) is 0 Å². The van der Waals surface area contributed by atoms with Crippen molar-refractivity contribution in [2.24, 2.45) is 0 Å². The van der Waals surface area contributed by atoms with Crippen molar-refractivity contribution in [3.8, 4) is 0 Å². The molecule has 4 heteroatoms. The van der Waals surface area contributed by atoms with E-state index in [2.05, 4.69) is 35.2 Å². The van der Waals surface area contributed by atoms with Gasteiger partial charge < -0.3 is 5.32 Å². The van der Waals surface area contributed by atoms with Gasteiger partial charge in [-0.25, -0.2) is 0 Å². The summed E-state index contributed by atoms with van der Waals surface area (Å²) in [4.78, 5) is 0. The van der Waals surface area contributed by atoms with Crippen LogP contribution in [-0.4, -0.2) is 33.6 Å². The van der Waals surface area contributed by atoms with Crippen molar-refractivity contribution in [3.05, 3.63) is 0 Å². The Morgan fingerprint density at radius 1 is 0.900 bits per heavy atom. The number of hydrogen-bond acceptors (Lipinski definition) is 0. The molecule has 0 amide bonds. The van der Waals surface area contributed by atoms with Crippen LogP contribution in [0.15, 0.2) is 0 Å². The molecule has 0 atom stereocenters. The van der Waals surface area contributed by atoms with Crippen LogP contribution in [0.25, 0.3) is 0 Å². The average Bonchev–Trinajstić information content (AvgIpc) is 1.97. The fraction of sp³-hybridized carbons (Fsp3) is 1.00. The maximum Gasteiger partial charge on any atom is 0.209 e. The molecule has 0 saturated heterocycles. The third-order valence-electron chi connectivity index (χ3n) is 1.36. The standard InChI is InChI=1S/C6H18N4/c1-3-8-5-10-6-9-4-7-2/h7-10H,3-6H2,1-2H3/p+4. The lowest BCUT2D eigenvalue weighted by atomic mass is 10.7. The summed E-state index contributed by atoms with van der Waals surface area (Å²) in [7, 11) is 2.09. The molecule has 10 heavy (non-hydrogen) atoms. The smallest absolute Gasteiger partial charge is 0.209 e. The lowest BCUT2D eigenvalue weighted by Gasteiger charge is -1.97. The van der Waals surface area contributed by atoms with Gasteiger partial charge in [0.1, 0.15) is 0 Å². The third kappa shape index (κ3) is 7.84. The zero-order valence-corrected chi connectivity index (χ0v) is 7.14. The average molecular weight is 150 g/mol. The normalized spacial score (nSPS) is 10.2. The highest BCUT2D eigenvalue weighted by atomic mass is 15.2. The lowest BCUT2D eigenvalue weighted by Crippen LogP contribution is -3.17. The molecule has 0 unspecified atom stereocenters. The van der Waals surface area contributed by atoms with Gasteiger partial charge in [0, 0.05) is 0 Å². The molecule has 0 heterocycles. The predicted octanol–water partition coefficient (Wildman–Crippen LogP) is -5.24. The lowest BCUT2D eigenvalue weighted by molar-refractivity contribution is -0.973. The molecule has 62 valence electrons. The Morgan fingerprint density at radius 2 is 1.50 bits per heavy atom. The van der Waals surface area contributed by atoms with Crippen LogP contribution < -0.4 is 21.3 Å². The van der Waals surface area contributed by atoms with Gasteiger partial charge in [-0.1, -0.05) is 0 Å². The van der Waals surface area contributed by atoms with Crippen molar-refractivity contribution in [2.45, 2.75) is 6.92 Å². The van der Waals surface area contributed by atoms with Gasteiger partial charge in [-0.05, 0) is 6.92 Å². The van der Waals surface area contributed by atoms with Gasteiger partial charge in [-0.15, -0.1) is 0 Å². The molecule has 0 spiro atoms. The molecule has 0 fully saturated rings. The van der Waals surface area contributed by atoms with Crippen molar-refractivity contribution in [3.63, 3.8) is 0 Å². The molecule has 4 nitrogen and oxygen atoms in total. The first-order valence-corrected chi connectivity index (χ1v) is 4.14. The Balaban J connectivity index is 2.65. The van der Waals surface area contributed by atoms with Gasteiger partial charge in [-0.3, -0.25) is 16.0 Å². The molecule has 8 N–H and O–H groups in total. The Labute approximate surface area is 62.8 Å². The largest absolute Gasteiger partial charge is 0.302 e. The molecule has 0 aromatic carbocycles. The Kier molecular flexibility index (Phi) is 8.70. The Morgan fingerprint density at radius 3 is 2.10 bits per heavy atom. The summed E-state index contributed by atoms with van der Waals surface area (Å²) in [6.07, 6.45) is 0. The van der Waals surface area contributed by atoms with Crippen molar-refractivity contribution in [2.75, 3.05) is 33.6 Å². The third-order valence-corrected chi connectivity index (χ3v) is 1.36. The van der Waals surface area contributed by atoms with E-state index in [1.807, 2.05) is 0 Å². The Bertz CT molecular complexity index is 49.7. The van der Waals surface area contributed by atoms with E-state index in [1.165, 1.54) is 6.54 Å². The first-order valence-electron chi connectivity index (χ1n) is 4.14. The van der Waals surface area contributed by atoms with Gasteiger partial charge in [0.2, 0.25) is 20.0 Å².